The third-order valence-electron chi connectivity index (χ3n) is 4.65. The summed E-state index contributed by atoms with van der Waals surface area (Å²) in [6, 6.07) is 3.45. The molecule has 1 aromatic rings. The fourth-order valence-corrected chi connectivity index (χ4v) is 4.57. The number of methoxy groups -OCH3 is 1. The summed E-state index contributed by atoms with van der Waals surface area (Å²) >= 11 is 5.21. The fraction of sp³-hybridized carbons (Fsp3) is 0.429. The van der Waals surface area contributed by atoms with Crippen LogP contribution in [0.25, 0.3) is 0 Å². The largest absolute Gasteiger partial charge is 0.493 e. The van der Waals surface area contributed by atoms with Gasteiger partial charge in [0, 0.05) is 10.7 Å². The number of carbonyl (C=O) groups excluding carboxylic acids is 1. The second-order valence-electron chi connectivity index (χ2n) is 6.55. The Kier molecular flexibility index (Phi) is 7.29. The fourth-order valence-electron chi connectivity index (χ4n) is 3.24. The van der Waals surface area contributed by atoms with E-state index in [-0.39, 0.29) is 12.0 Å². The maximum absolute atomic E-state index is 12.8. The predicted octanol–water partition coefficient (Wildman–Crippen LogP) is 5.40. The molecule has 1 atom stereocenters. The summed E-state index contributed by atoms with van der Waals surface area (Å²) in [5.41, 5.74) is 2.06. The van der Waals surface area contributed by atoms with Gasteiger partial charge in [-0.1, -0.05) is 41.0 Å². The van der Waals surface area contributed by atoms with E-state index in [0.717, 1.165) is 28.0 Å². The molecule has 0 spiro atoms. The molecule has 156 valence electrons. The van der Waals surface area contributed by atoms with Gasteiger partial charge in [0.2, 0.25) is 0 Å². The van der Waals surface area contributed by atoms with Gasteiger partial charge in [-0.2, -0.15) is 0 Å². The van der Waals surface area contributed by atoms with Gasteiger partial charge in [0.25, 0.3) is 0 Å². The molecular weight excluding hydrogens is 456 g/mol. The SMILES string of the molecule is CCCCOc1cc(Br)c(C2C(C(=O)OCC)=C(C)N=C3SC=CN32)cc1OC. The monoisotopic (exact) mass is 480 g/mol. The molecule has 1 aromatic carbocycles. The van der Waals surface area contributed by atoms with Crippen molar-refractivity contribution in [3.63, 3.8) is 0 Å². The molecule has 2 aliphatic heterocycles. The molecule has 0 fully saturated rings. The van der Waals surface area contributed by atoms with Crippen LogP contribution < -0.4 is 9.47 Å². The van der Waals surface area contributed by atoms with Crippen molar-refractivity contribution in [3.8, 4) is 11.5 Å². The van der Waals surface area contributed by atoms with Crippen LogP contribution in [0.4, 0.5) is 0 Å². The Bertz CT molecular complexity index is 882. The van der Waals surface area contributed by atoms with E-state index in [1.165, 1.54) is 11.8 Å². The van der Waals surface area contributed by atoms with Gasteiger partial charge < -0.3 is 19.1 Å². The highest BCUT2D eigenvalue weighted by Crippen LogP contribution is 2.46. The van der Waals surface area contributed by atoms with E-state index < -0.39 is 0 Å². The third kappa shape index (κ3) is 4.48. The number of halogens is 1. The Balaban J connectivity index is 2.07. The van der Waals surface area contributed by atoms with Crippen molar-refractivity contribution in [1.29, 1.82) is 0 Å². The van der Waals surface area contributed by atoms with Gasteiger partial charge in [-0.3, -0.25) is 0 Å². The predicted molar refractivity (Wildman–Crippen MR) is 119 cm³/mol. The second-order valence-corrected chi connectivity index (χ2v) is 8.28. The molecule has 2 aliphatic rings. The molecule has 6 nitrogen and oxygen atoms in total. The standard InChI is InChI=1S/C21H25BrN2O4S/c1-5-7-9-28-17-12-15(22)14(11-16(17)26-4)19-18(20(25)27-6-2)13(3)23-21-24(19)8-10-29-21/h8,10-12,19H,5-7,9H2,1-4H3. The summed E-state index contributed by atoms with van der Waals surface area (Å²) in [5, 5.41) is 2.79. The quantitative estimate of drug-likeness (QED) is 0.366. The first-order chi connectivity index (χ1) is 14.0. The summed E-state index contributed by atoms with van der Waals surface area (Å²) in [6.07, 6.45) is 3.96. The number of hydrogen-bond donors (Lipinski definition) is 0. The number of benzene rings is 1. The van der Waals surface area contributed by atoms with Crippen LogP contribution in [0.15, 0.2) is 44.5 Å². The number of amidine groups is 1. The highest BCUT2D eigenvalue weighted by atomic mass is 79.9. The van der Waals surface area contributed by atoms with Crippen LogP contribution in [0.2, 0.25) is 0 Å². The zero-order chi connectivity index (χ0) is 21.0. The van der Waals surface area contributed by atoms with Crippen LogP contribution in [0.3, 0.4) is 0 Å². The summed E-state index contributed by atoms with van der Waals surface area (Å²) in [5.74, 6) is 0.934. The van der Waals surface area contributed by atoms with E-state index in [1.54, 1.807) is 14.0 Å². The van der Waals surface area contributed by atoms with E-state index in [9.17, 15) is 4.79 Å². The molecule has 0 saturated heterocycles. The average Bonchev–Trinajstić information content (AvgIpc) is 3.15. The number of fused-ring (bicyclic) bond motifs is 1. The lowest BCUT2D eigenvalue weighted by Gasteiger charge is -2.34. The first-order valence-corrected chi connectivity index (χ1v) is 11.3. The minimum atomic E-state index is -0.374. The Morgan fingerprint density at radius 1 is 1.31 bits per heavy atom. The van der Waals surface area contributed by atoms with Crippen LogP contribution in [0, 0.1) is 0 Å². The van der Waals surface area contributed by atoms with Gasteiger partial charge in [0.15, 0.2) is 16.7 Å². The van der Waals surface area contributed by atoms with Crippen molar-refractivity contribution in [3.05, 3.63) is 45.0 Å². The van der Waals surface area contributed by atoms with Crippen LogP contribution in [-0.4, -0.2) is 36.4 Å². The smallest absolute Gasteiger partial charge is 0.338 e. The van der Waals surface area contributed by atoms with Crippen molar-refractivity contribution in [1.82, 2.24) is 4.90 Å². The second kappa shape index (κ2) is 9.71. The van der Waals surface area contributed by atoms with Gasteiger partial charge in [0.05, 0.1) is 37.6 Å². The summed E-state index contributed by atoms with van der Waals surface area (Å²) in [7, 11) is 1.62. The summed E-state index contributed by atoms with van der Waals surface area (Å²) in [4.78, 5) is 19.4. The van der Waals surface area contributed by atoms with Crippen molar-refractivity contribution in [2.75, 3.05) is 20.3 Å². The number of nitrogens with zero attached hydrogens (tertiary/aromatic N) is 2. The molecule has 1 unspecified atom stereocenters. The topological polar surface area (TPSA) is 60.4 Å². The number of allylic oxidation sites excluding steroid dienone is 1. The first kappa shape index (κ1) is 21.8. The lowest BCUT2D eigenvalue weighted by atomic mass is 9.94. The van der Waals surface area contributed by atoms with Gasteiger partial charge in [0.1, 0.15) is 0 Å². The van der Waals surface area contributed by atoms with Gasteiger partial charge in [-0.05, 0) is 43.4 Å². The molecule has 0 aliphatic carbocycles. The molecule has 0 aromatic heterocycles. The van der Waals surface area contributed by atoms with Crippen molar-refractivity contribution in [2.45, 2.75) is 39.7 Å². The van der Waals surface area contributed by atoms with Gasteiger partial charge in [-0.15, -0.1) is 0 Å². The molecule has 0 saturated carbocycles. The number of thioether (sulfide) groups is 1. The maximum Gasteiger partial charge on any atom is 0.338 e. The highest BCUT2D eigenvalue weighted by molar-refractivity contribution is 9.10. The molecule has 8 heteroatoms. The number of esters is 1. The zero-order valence-corrected chi connectivity index (χ0v) is 19.4. The molecule has 0 amide bonds. The Morgan fingerprint density at radius 2 is 2.10 bits per heavy atom. The molecule has 0 N–H and O–H groups in total. The van der Waals surface area contributed by atoms with Crippen molar-refractivity contribution in [2.24, 2.45) is 4.99 Å². The van der Waals surface area contributed by atoms with Crippen LogP contribution in [0.5, 0.6) is 11.5 Å². The number of unbranched alkanes of at least 4 members (excludes halogenated alkanes) is 1. The number of ether oxygens (including phenoxy) is 3. The lowest BCUT2D eigenvalue weighted by Crippen LogP contribution is -2.34. The molecule has 3 rings (SSSR count). The van der Waals surface area contributed by atoms with E-state index in [0.29, 0.717) is 36.0 Å². The number of rotatable bonds is 8. The Labute approximate surface area is 184 Å². The van der Waals surface area contributed by atoms with E-state index in [1.807, 2.05) is 35.6 Å². The Hall–Kier alpha value is -1.93. The van der Waals surface area contributed by atoms with E-state index in [2.05, 4.69) is 27.8 Å². The average molecular weight is 481 g/mol. The normalized spacial score (nSPS) is 17.9. The number of aliphatic imine (C=N–C) groups is 1. The van der Waals surface area contributed by atoms with Crippen LogP contribution in [-0.2, 0) is 9.53 Å². The molecule has 0 bridgehead atoms. The van der Waals surface area contributed by atoms with Crippen molar-refractivity contribution >= 4 is 38.8 Å². The van der Waals surface area contributed by atoms with Gasteiger partial charge >= 0.3 is 5.97 Å². The zero-order valence-electron chi connectivity index (χ0n) is 17.0. The molecular formula is C21H25BrN2O4S. The number of hydrogen-bond acceptors (Lipinski definition) is 7. The minimum Gasteiger partial charge on any atom is -0.493 e. The third-order valence-corrected chi connectivity index (χ3v) is 6.11. The minimum absolute atomic E-state index is 0.304. The first-order valence-electron chi connectivity index (χ1n) is 9.60. The van der Waals surface area contributed by atoms with Crippen LogP contribution in [0.1, 0.15) is 45.2 Å². The van der Waals surface area contributed by atoms with Crippen LogP contribution >= 0.6 is 27.7 Å². The maximum atomic E-state index is 12.8. The Morgan fingerprint density at radius 3 is 2.79 bits per heavy atom. The number of carbonyl (C=O) groups is 1. The lowest BCUT2D eigenvalue weighted by molar-refractivity contribution is -0.139. The van der Waals surface area contributed by atoms with Crippen molar-refractivity contribution < 1.29 is 19.0 Å². The van der Waals surface area contributed by atoms with E-state index >= 15 is 0 Å². The summed E-state index contributed by atoms with van der Waals surface area (Å²) < 4.78 is 17.7. The van der Waals surface area contributed by atoms with Gasteiger partial charge in [-0.25, -0.2) is 9.79 Å². The summed E-state index contributed by atoms with van der Waals surface area (Å²) in [6.45, 7) is 6.69. The molecule has 29 heavy (non-hydrogen) atoms. The highest BCUT2D eigenvalue weighted by Gasteiger charge is 2.38. The molecule has 0 radical (unpaired) electrons. The van der Waals surface area contributed by atoms with E-state index in [4.69, 9.17) is 14.2 Å². The molecule has 2 heterocycles.